The molecule has 4 aliphatic heterocycles. The summed E-state index contributed by atoms with van der Waals surface area (Å²) in [5, 5.41) is 2.75. The number of benzene rings is 3. The van der Waals surface area contributed by atoms with E-state index in [1.54, 1.807) is 6.42 Å². The lowest BCUT2D eigenvalue weighted by Gasteiger charge is -2.33. The monoisotopic (exact) mass is 919 g/mol. The number of alkyl carbamates (subject to hydrolysis) is 1. The van der Waals surface area contributed by atoms with Crippen LogP contribution in [0.1, 0.15) is 113 Å². The molecular formula is C53H63N10O5. The van der Waals surface area contributed by atoms with Gasteiger partial charge in [-0.15, -0.1) is 0 Å². The fraction of sp³-hybridized carbons (Fsp3) is 0.453. The number of carbonyl (C=O) groups is 3. The van der Waals surface area contributed by atoms with E-state index in [0.29, 0.717) is 19.8 Å². The highest BCUT2D eigenvalue weighted by Crippen LogP contribution is 2.48. The molecule has 0 saturated carbocycles. The fourth-order valence-electron chi connectivity index (χ4n) is 10.9. The lowest BCUT2D eigenvalue weighted by molar-refractivity contribution is -0.135. The molecule has 7 heterocycles. The molecule has 15 heteroatoms. The second-order valence-electron chi connectivity index (χ2n) is 19.5. The number of amides is 3. The van der Waals surface area contributed by atoms with E-state index >= 15 is 0 Å². The van der Waals surface area contributed by atoms with Crippen LogP contribution < -0.4 is 15.1 Å². The van der Waals surface area contributed by atoms with Crippen molar-refractivity contribution >= 4 is 51.5 Å². The van der Waals surface area contributed by atoms with Gasteiger partial charge in [0.25, 0.3) is 0 Å². The Bertz CT molecular complexity index is 2760. The van der Waals surface area contributed by atoms with Crippen LogP contribution in [0.15, 0.2) is 79.0 Å². The Hall–Kier alpha value is -6.48. The Morgan fingerprint density at radius 1 is 0.721 bits per heavy atom. The summed E-state index contributed by atoms with van der Waals surface area (Å²) in [6.45, 7) is 12.4. The van der Waals surface area contributed by atoms with E-state index in [2.05, 4.69) is 97.9 Å². The molecule has 3 amide bonds. The van der Waals surface area contributed by atoms with Gasteiger partial charge in [0, 0.05) is 43.6 Å². The molecule has 3 N–H and O–H groups in total. The highest BCUT2D eigenvalue weighted by atomic mass is 16.5. The number of carbonyl (C=O) groups excluding carboxylic acids is 3. The fourth-order valence-corrected chi connectivity index (χ4v) is 10.9. The van der Waals surface area contributed by atoms with E-state index in [0.717, 1.165) is 115 Å². The summed E-state index contributed by atoms with van der Waals surface area (Å²) < 4.78 is 10.4. The van der Waals surface area contributed by atoms with Crippen LogP contribution in [0.5, 0.6) is 0 Å². The first kappa shape index (κ1) is 45.3. The number of anilines is 2. The van der Waals surface area contributed by atoms with Crippen LogP contribution in [-0.2, 0) is 19.1 Å². The molecule has 0 bridgehead atoms. The Morgan fingerprint density at radius 3 is 1.87 bits per heavy atom. The van der Waals surface area contributed by atoms with Crippen molar-refractivity contribution in [1.82, 2.24) is 40.0 Å². The molecule has 0 unspecified atom stereocenters. The van der Waals surface area contributed by atoms with Crippen LogP contribution in [0.4, 0.5) is 16.3 Å². The van der Waals surface area contributed by atoms with Gasteiger partial charge in [0.1, 0.15) is 23.5 Å². The van der Waals surface area contributed by atoms with Gasteiger partial charge in [-0.05, 0) is 116 Å². The zero-order valence-electron chi connectivity index (χ0n) is 39.8. The van der Waals surface area contributed by atoms with Crippen molar-refractivity contribution in [2.45, 2.75) is 96.4 Å². The minimum absolute atomic E-state index is 0.0475. The number of likely N-dealkylation sites (tertiary alicyclic amines) is 2. The number of methoxy groups -OCH3 is 1. The van der Waals surface area contributed by atoms with Crippen LogP contribution >= 0.6 is 0 Å². The van der Waals surface area contributed by atoms with Gasteiger partial charge in [0.05, 0.1) is 73.0 Å². The normalized spacial score (nSPS) is 21.5. The number of rotatable bonds is 12. The largest absolute Gasteiger partial charge is 0.453 e. The topological polar surface area (TPSA) is 165 Å². The van der Waals surface area contributed by atoms with Gasteiger partial charge in [-0.1, -0.05) is 52.0 Å². The third kappa shape index (κ3) is 9.00. The molecule has 0 aliphatic carbocycles. The Kier molecular flexibility index (Phi) is 12.8. The van der Waals surface area contributed by atoms with E-state index in [1.165, 1.54) is 18.2 Å². The van der Waals surface area contributed by atoms with Gasteiger partial charge in [0.15, 0.2) is 0 Å². The van der Waals surface area contributed by atoms with Gasteiger partial charge in [0.2, 0.25) is 11.8 Å². The van der Waals surface area contributed by atoms with Crippen LogP contribution in [-0.4, -0.2) is 105 Å². The summed E-state index contributed by atoms with van der Waals surface area (Å²) in [7, 11) is 1.31. The van der Waals surface area contributed by atoms with E-state index in [9.17, 15) is 14.4 Å². The first-order valence-corrected chi connectivity index (χ1v) is 24.5. The number of ether oxygens (including phenoxy) is 2. The van der Waals surface area contributed by atoms with Gasteiger partial charge in [-0.3, -0.25) is 9.59 Å². The van der Waals surface area contributed by atoms with Crippen molar-refractivity contribution in [3.8, 4) is 11.1 Å². The number of nitrogens with zero attached hydrogens (tertiary/aromatic N) is 7. The molecule has 68 heavy (non-hydrogen) atoms. The summed E-state index contributed by atoms with van der Waals surface area (Å²) in [4.78, 5) is 70.3. The number of aromatic amines is 2. The van der Waals surface area contributed by atoms with Gasteiger partial charge in [-0.2, -0.15) is 0 Å². The zero-order chi connectivity index (χ0) is 47.1. The summed E-state index contributed by atoms with van der Waals surface area (Å²) in [6, 6.07) is 25.4. The average molecular weight is 920 g/mol. The summed E-state index contributed by atoms with van der Waals surface area (Å²) >= 11 is 0. The van der Waals surface area contributed by atoms with Crippen LogP contribution in [0, 0.1) is 18.3 Å². The lowest BCUT2D eigenvalue weighted by Crippen LogP contribution is -2.51. The second kappa shape index (κ2) is 19.3. The van der Waals surface area contributed by atoms with E-state index in [1.807, 2.05) is 43.7 Å². The van der Waals surface area contributed by atoms with E-state index < -0.39 is 12.1 Å². The molecule has 15 nitrogen and oxygen atoms in total. The van der Waals surface area contributed by atoms with Crippen molar-refractivity contribution in [3.63, 3.8) is 0 Å². The third-order valence-corrected chi connectivity index (χ3v) is 14.4. The summed E-state index contributed by atoms with van der Waals surface area (Å²) in [5.41, 5.74) is 9.28. The molecule has 4 aliphatic rings. The number of hydrogen-bond acceptors (Lipinski definition) is 10. The Morgan fingerprint density at radius 2 is 1.31 bits per heavy atom. The molecule has 4 fully saturated rings. The van der Waals surface area contributed by atoms with Gasteiger partial charge in [-0.25, -0.2) is 19.7 Å². The highest BCUT2D eigenvalue weighted by molar-refractivity contribution is 5.87. The first-order valence-electron chi connectivity index (χ1n) is 24.5. The van der Waals surface area contributed by atoms with Crippen molar-refractivity contribution in [2.75, 3.05) is 56.3 Å². The van der Waals surface area contributed by atoms with Crippen LogP contribution in [0.25, 0.3) is 33.2 Å². The smallest absolute Gasteiger partial charge is 0.407 e. The molecule has 0 spiro atoms. The Balaban J connectivity index is 0.955. The minimum Gasteiger partial charge on any atom is -0.453 e. The minimum atomic E-state index is -0.704. The van der Waals surface area contributed by atoms with Crippen LogP contribution in [0.3, 0.4) is 0 Å². The second-order valence-corrected chi connectivity index (χ2v) is 19.5. The molecule has 5 atom stereocenters. The summed E-state index contributed by atoms with van der Waals surface area (Å²) in [6.07, 6.45) is 8.47. The van der Waals surface area contributed by atoms with E-state index in [-0.39, 0.29) is 47.8 Å². The maximum absolute atomic E-state index is 13.9. The van der Waals surface area contributed by atoms with Crippen LogP contribution in [0.2, 0.25) is 0 Å². The molecule has 10 rings (SSSR count). The highest BCUT2D eigenvalue weighted by Gasteiger charge is 2.39. The molecule has 1 radical (unpaired) electrons. The summed E-state index contributed by atoms with van der Waals surface area (Å²) in [5.74, 6) is 2.58. The number of pyridine rings is 1. The van der Waals surface area contributed by atoms with Crippen molar-refractivity contribution in [3.05, 3.63) is 108 Å². The number of hydrogen-bond donors (Lipinski definition) is 3. The predicted octanol–water partition coefficient (Wildman–Crippen LogP) is 8.99. The number of morpholine rings is 1. The quantitative estimate of drug-likeness (QED) is 0.108. The van der Waals surface area contributed by atoms with Crippen molar-refractivity contribution in [1.29, 1.82) is 0 Å². The lowest BCUT2D eigenvalue weighted by atomic mass is 10.0. The first-order chi connectivity index (χ1) is 33.0. The molecule has 3 aromatic heterocycles. The SMILES string of the molecule is COC(=O)N[C@H](C(=O)N1CCC[C@H]1c1nc2cc([C@H]3CC[C@H](c4ccc5[nH]c([C@@H]6CCCN6C(=O)[CH]C(C)C)nc5c4)N3c3ccc(-c4ccc(N5CCOCC5)nc4)cc3)ccc2[nH]1)C(C)C. The zero-order valence-corrected chi connectivity index (χ0v) is 39.8. The third-order valence-electron chi connectivity index (χ3n) is 14.4. The molecule has 6 aromatic rings. The molecule has 355 valence electrons. The standard InChI is InChI=1S/C53H63N10O5/c1-32(2)28-48(64)61-22-6-8-45(61)50-55-39-17-12-35(29-41(39)57-50)43-19-20-44(63(43)38-15-10-34(11-16-38)37-14-21-47(54-31-37)60-24-26-68-27-25-60)36-13-18-40-42(30-36)58-51(56-40)46-9-7-23-62(46)52(65)49(33(3)4)59-53(66)67-5/h10-18,21,28-33,43-46,49H,6-9,19-20,22-27H2,1-5H3,(H,55,57)(H,56,58)(H,59,66)/t43-,44-,45+,46+,49+/m1/s1. The number of aromatic nitrogens is 5. The van der Waals surface area contributed by atoms with Gasteiger partial charge < -0.3 is 44.4 Å². The molecular weight excluding hydrogens is 857 g/mol. The number of H-pyrrole nitrogens is 2. The predicted molar refractivity (Wildman–Crippen MR) is 263 cm³/mol. The maximum Gasteiger partial charge on any atom is 0.407 e. The Labute approximate surface area is 398 Å². The average Bonchev–Trinajstić information content (AvgIpc) is 4.22. The molecule has 4 saturated heterocycles. The van der Waals surface area contributed by atoms with Crippen molar-refractivity contribution < 1.29 is 23.9 Å². The van der Waals surface area contributed by atoms with E-state index in [4.69, 9.17) is 24.4 Å². The number of fused-ring (bicyclic) bond motifs is 2. The van der Waals surface area contributed by atoms with Gasteiger partial charge >= 0.3 is 6.09 Å². The maximum atomic E-state index is 13.9. The van der Waals surface area contributed by atoms with Crippen molar-refractivity contribution in [2.24, 2.45) is 11.8 Å². The molecule has 3 aromatic carbocycles. The number of nitrogens with one attached hydrogen (secondary N) is 3. The number of imidazole rings is 2.